The Morgan fingerprint density at radius 1 is 1.06 bits per heavy atom. The van der Waals surface area contributed by atoms with Gasteiger partial charge in [-0.25, -0.2) is 4.79 Å². The van der Waals surface area contributed by atoms with Crippen LogP contribution in [-0.4, -0.2) is 54.2 Å². The van der Waals surface area contributed by atoms with Crippen LogP contribution in [0.15, 0.2) is 48.5 Å². The molecule has 180 valence electrons. The van der Waals surface area contributed by atoms with E-state index in [1.807, 2.05) is 31.2 Å². The van der Waals surface area contributed by atoms with Crippen LogP contribution in [0.4, 0.5) is 4.79 Å². The number of aliphatic carboxylic acids is 1. The van der Waals surface area contributed by atoms with E-state index in [2.05, 4.69) is 29.6 Å². The number of ether oxygens (including phenoxy) is 1. The first-order chi connectivity index (χ1) is 16.4. The Morgan fingerprint density at radius 3 is 2.21 bits per heavy atom. The molecule has 0 unspecified atom stereocenters. The van der Waals surface area contributed by atoms with Crippen LogP contribution < -0.4 is 5.32 Å². The Labute approximate surface area is 200 Å². The van der Waals surface area contributed by atoms with Crippen molar-refractivity contribution in [1.82, 2.24) is 10.2 Å². The molecule has 0 radical (unpaired) electrons. The average molecular weight is 465 g/mol. The van der Waals surface area contributed by atoms with E-state index in [4.69, 9.17) is 9.84 Å². The Kier molecular flexibility index (Phi) is 7.20. The molecule has 2 N–H and O–H groups in total. The van der Waals surface area contributed by atoms with Crippen LogP contribution in [0.1, 0.15) is 56.1 Å². The normalized spacial score (nSPS) is 15.6. The van der Waals surface area contributed by atoms with Crippen molar-refractivity contribution in [3.8, 4) is 11.1 Å². The van der Waals surface area contributed by atoms with Crippen LogP contribution in [0, 0.1) is 5.41 Å². The summed E-state index contributed by atoms with van der Waals surface area (Å²) in [6.07, 6.45) is 3.10. The van der Waals surface area contributed by atoms with Crippen molar-refractivity contribution in [2.45, 2.75) is 44.9 Å². The number of fused-ring (bicyclic) bond motifs is 3. The number of amides is 2. The summed E-state index contributed by atoms with van der Waals surface area (Å²) in [4.78, 5) is 37.9. The van der Waals surface area contributed by atoms with Crippen LogP contribution in [0.5, 0.6) is 0 Å². The van der Waals surface area contributed by atoms with E-state index in [-0.39, 0.29) is 36.8 Å². The topological polar surface area (TPSA) is 95.9 Å². The Bertz CT molecular complexity index is 1020. The Hall–Kier alpha value is -3.35. The van der Waals surface area contributed by atoms with Gasteiger partial charge < -0.3 is 20.1 Å². The van der Waals surface area contributed by atoms with E-state index in [9.17, 15) is 14.4 Å². The van der Waals surface area contributed by atoms with Gasteiger partial charge >= 0.3 is 12.1 Å². The standard InChI is InChI=1S/C27H32N2O5/c1-2-14-29(16-25(31)32)24(30)15-27(12-7-13-27)18-28-26(33)34-17-23-21-10-5-3-8-19(21)20-9-4-6-11-22(20)23/h3-6,8-11,23H,2,7,12-18H2,1H3,(H,28,33)(H,31,32). The second-order valence-electron chi connectivity index (χ2n) is 9.42. The lowest BCUT2D eigenvalue weighted by Crippen LogP contribution is -2.47. The SMILES string of the molecule is CCCN(CC(=O)O)C(=O)CC1(CNC(=O)OCC2c3ccccc3-c3ccccc32)CCC1. The number of hydrogen-bond donors (Lipinski definition) is 2. The molecule has 34 heavy (non-hydrogen) atoms. The molecule has 0 atom stereocenters. The highest BCUT2D eigenvalue weighted by molar-refractivity contribution is 5.82. The van der Waals surface area contributed by atoms with Gasteiger partial charge in [-0.15, -0.1) is 0 Å². The molecule has 4 rings (SSSR count). The molecule has 2 amide bonds. The highest BCUT2D eigenvalue weighted by Crippen LogP contribution is 2.45. The summed E-state index contributed by atoms with van der Waals surface area (Å²) in [5, 5.41) is 12.0. The Morgan fingerprint density at radius 2 is 1.68 bits per heavy atom. The van der Waals surface area contributed by atoms with E-state index in [0.717, 1.165) is 30.4 Å². The van der Waals surface area contributed by atoms with Crippen LogP contribution in [0.25, 0.3) is 11.1 Å². The molecule has 0 aliphatic heterocycles. The lowest BCUT2D eigenvalue weighted by molar-refractivity contribution is -0.146. The number of carbonyl (C=O) groups is 3. The lowest BCUT2D eigenvalue weighted by Gasteiger charge is -2.42. The minimum atomic E-state index is -1.01. The third kappa shape index (κ3) is 5.08. The first-order valence-electron chi connectivity index (χ1n) is 12.0. The molecule has 2 aliphatic rings. The van der Waals surface area contributed by atoms with Crippen molar-refractivity contribution in [3.63, 3.8) is 0 Å². The van der Waals surface area contributed by atoms with Crippen LogP contribution >= 0.6 is 0 Å². The average Bonchev–Trinajstić information content (AvgIpc) is 3.12. The molecular weight excluding hydrogens is 432 g/mol. The zero-order valence-electron chi connectivity index (χ0n) is 19.6. The van der Waals surface area contributed by atoms with Crippen molar-refractivity contribution >= 4 is 18.0 Å². The van der Waals surface area contributed by atoms with Gasteiger partial charge in [-0.2, -0.15) is 0 Å². The molecule has 0 bridgehead atoms. The number of alkyl carbamates (subject to hydrolysis) is 1. The number of carboxylic acids is 1. The number of carboxylic acid groups (broad SMARTS) is 1. The predicted molar refractivity (Wildman–Crippen MR) is 128 cm³/mol. The minimum Gasteiger partial charge on any atom is -0.480 e. The van der Waals surface area contributed by atoms with Gasteiger partial charge in [0.05, 0.1) is 0 Å². The molecule has 1 saturated carbocycles. The van der Waals surface area contributed by atoms with E-state index in [0.29, 0.717) is 19.5 Å². The summed E-state index contributed by atoms with van der Waals surface area (Å²) in [5.41, 5.74) is 4.35. The maximum Gasteiger partial charge on any atom is 0.407 e. The molecule has 0 saturated heterocycles. The zero-order valence-corrected chi connectivity index (χ0v) is 19.6. The number of nitrogens with one attached hydrogen (secondary N) is 1. The highest BCUT2D eigenvalue weighted by atomic mass is 16.5. The maximum atomic E-state index is 12.8. The van der Waals surface area contributed by atoms with Gasteiger partial charge in [0.2, 0.25) is 5.91 Å². The van der Waals surface area contributed by atoms with Gasteiger partial charge in [-0.3, -0.25) is 9.59 Å². The van der Waals surface area contributed by atoms with Crippen molar-refractivity contribution in [2.75, 3.05) is 26.2 Å². The van der Waals surface area contributed by atoms with Gasteiger partial charge in [-0.05, 0) is 46.9 Å². The minimum absolute atomic E-state index is 0.00369. The molecule has 2 aromatic rings. The largest absolute Gasteiger partial charge is 0.480 e. The molecule has 0 aromatic heterocycles. The third-order valence-electron chi connectivity index (χ3n) is 7.06. The number of hydrogen-bond acceptors (Lipinski definition) is 4. The maximum absolute atomic E-state index is 12.8. The van der Waals surface area contributed by atoms with Crippen LogP contribution in [0.3, 0.4) is 0 Å². The van der Waals surface area contributed by atoms with Crippen molar-refractivity contribution < 1.29 is 24.2 Å². The first-order valence-corrected chi connectivity index (χ1v) is 12.0. The van der Waals surface area contributed by atoms with Crippen molar-refractivity contribution in [1.29, 1.82) is 0 Å². The summed E-state index contributed by atoms with van der Waals surface area (Å²) in [7, 11) is 0. The molecule has 2 aromatic carbocycles. The molecule has 7 nitrogen and oxygen atoms in total. The summed E-state index contributed by atoms with van der Waals surface area (Å²) in [5.74, 6) is -1.18. The number of nitrogens with zero attached hydrogens (tertiary/aromatic N) is 1. The van der Waals surface area contributed by atoms with Crippen molar-refractivity contribution in [2.24, 2.45) is 5.41 Å². The smallest absolute Gasteiger partial charge is 0.407 e. The fourth-order valence-electron chi connectivity index (χ4n) is 5.16. The second-order valence-corrected chi connectivity index (χ2v) is 9.42. The fourth-order valence-corrected chi connectivity index (χ4v) is 5.16. The van der Waals surface area contributed by atoms with E-state index in [1.54, 1.807) is 0 Å². The van der Waals surface area contributed by atoms with E-state index in [1.165, 1.54) is 16.0 Å². The first kappa shape index (κ1) is 23.8. The Balaban J connectivity index is 1.33. The lowest BCUT2D eigenvalue weighted by atomic mass is 9.66. The van der Waals surface area contributed by atoms with Crippen LogP contribution in [0.2, 0.25) is 0 Å². The van der Waals surface area contributed by atoms with Crippen LogP contribution in [-0.2, 0) is 14.3 Å². The molecule has 0 heterocycles. The van der Waals surface area contributed by atoms with Gasteiger partial charge in [0.1, 0.15) is 13.2 Å². The number of benzene rings is 2. The molecule has 7 heteroatoms. The summed E-state index contributed by atoms with van der Waals surface area (Å²) < 4.78 is 5.62. The quantitative estimate of drug-likeness (QED) is 0.543. The highest BCUT2D eigenvalue weighted by Gasteiger charge is 2.40. The monoisotopic (exact) mass is 464 g/mol. The molecule has 2 aliphatic carbocycles. The van der Waals surface area contributed by atoms with Crippen molar-refractivity contribution in [3.05, 3.63) is 59.7 Å². The van der Waals surface area contributed by atoms with Gasteiger partial charge in [0.15, 0.2) is 0 Å². The number of rotatable bonds is 10. The second kappa shape index (κ2) is 10.3. The van der Waals surface area contributed by atoms with Gasteiger partial charge in [0, 0.05) is 25.4 Å². The molecule has 0 spiro atoms. The zero-order chi connectivity index (χ0) is 24.1. The third-order valence-corrected chi connectivity index (χ3v) is 7.06. The number of carbonyl (C=O) groups excluding carboxylic acids is 2. The van der Waals surface area contributed by atoms with E-state index < -0.39 is 12.1 Å². The summed E-state index contributed by atoms with van der Waals surface area (Å²) in [6, 6.07) is 16.4. The van der Waals surface area contributed by atoms with Gasteiger partial charge in [0.25, 0.3) is 0 Å². The molecular formula is C27H32N2O5. The van der Waals surface area contributed by atoms with E-state index >= 15 is 0 Å². The predicted octanol–water partition coefficient (Wildman–Crippen LogP) is 4.41. The molecule has 1 fully saturated rings. The fraction of sp³-hybridized carbons (Fsp3) is 0.444. The summed E-state index contributed by atoms with van der Waals surface area (Å²) >= 11 is 0. The summed E-state index contributed by atoms with van der Waals surface area (Å²) in [6.45, 7) is 2.64. The van der Waals surface area contributed by atoms with Gasteiger partial charge in [-0.1, -0.05) is 61.9 Å².